The molecule has 2 fully saturated rings. The Bertz CT molecular complexity index is 3080. The van der Waals surface area contributed by atoms with Crippen LogP contribution in [0.2, 0.25) is 0 Å². The van der Waals surface area contributed by atoms with Gasteiger partial charge in [-0.05, 0) is 150 Å². The number of likely N-dealkylation sites (tertiary alicyclic amines) is 1. The lowest BCUT2D eigenvalue weighted by Gasteiger charge is -2.37. The topological polar surface area (TPSA) is 265 Å². The number of carbonyl (C=O) groups excluding carboxylic acids is 6. The lowest BCUT2D eigenvalue weighted by Crippen LogP contribution is -2.52. The number of hydrogen-bond donors (Lipinski definition) is 1. The van der Waals surface area contributed by atoms with Crippen LogP contribution in [-0.4, -0.2) is 146 Å². The zero-order valence-electron chi connectivity index (χ0n) is 49.5. The molecule has 2 aliphatic heterocycles. The van der Waals surface area contributed by atoms with Crippen molar-refractivity contribution in [1.29, 1.82) is 0 Å². The van der Waals surface area contributed by atoms with E-state index in [2.05, 4.69) is 25.7 Å². The predicted octanol–water partition coefficient (Wildman–Crippen LogP) is 7.45. The molecular weight excluding hydrogens is 1090 g/mol. The molecule has 0 saturated carbocycles. The predicted molar refractivity (Wildman–Crippen MR) is 303 cm³/mol. The van der Waals surface area contributed by atoms with Crippen molar-refractivity contribution in [2.24, 2.45) is 5.41 Å². The van der Waals surface area contributed by atoms with Crippen LogP contribution in [0.1, 0.15) is 114 Å². The van der Waals surface area contributed by atoms with Crippen LogP contribution in [0.5, 0.6) is 40.2 Å². The fraction of sp³-hybridized carbons (Fsp3) is 0.475. The first-order valence-corrected chi connectivity index (χ1v) is 27.8. The fourth-order valence-corrected chi connectivity index (χ4v) is 9.61. The van der Waals surface area contributed by atoms with Crippen LogP contribution in [0.3, 0.4) is 0 Å². The van der Waals surface area contributed by atoms with Gasteiger partial charge in [0.1, 0.15) is 35.3 Å². The van der Waals surface area contributed by atoms with Crippen molar-refractivity contribution in [2.45, 2.75) is 123 Å². The normalized spacial score (nSPS) is 15.5. The maximum absolute atomic E-state index is 14.7. The Morgan fingerprint density at radius 3 is 2.04 bits per heavy atom. The molecule has 5 aromatic rings. The summed E-state index contributed by atoms with van der Waals surface area (Å²) in [6.45, 7) is 9.73. The van der Waals surface area contributed by atoms with Gasteiger partial charge < -0.3 is 57.7 Å². The van der Waals surface area contributed by atoms with Crippen molar-refractivity contribution in [3.63, 3.8) is 0 Å². The molecule has 0 radical (unpaired) electrons. The second-order valence-corrected chi connectivity index (χ2v) is 21.4. The van der Waals surface area contributed by atoms with Crippen molar-refractivity contribution in [3.05, 3.63) is 101 Å². The van der Waals surface area contributed by atoms with Gasteiger partial charge in [-0.15, -0.1) is 25.5 Å². The Morgan fingerprint density at radius 2 is 1.40 bits per heavy atom. The van der Waals surface area contributed by atoms with Gasteiger partial charge in [-0.2, -0.15) is 0 Å². The molecule has 0 bridgehead atoms. The van der Waals surface area contributed by atoms with Crippen LogP contribution in [0.25, 0.3) is 11.4 Å². The zero-order chi connectivity index (χ0) is 60.7. The smallest absolute Gasteiger partial charge is 0.341 e. The number of hydroxylamine groups is 2. The Labute approximate surface area is 488 Å². The minimum atomic E-state index is -1.34. The molecule has 3 heterocycles. The summed E-state index contributed by atoms with van der Waals surface area (Å²) in [5, 5.41) is 19.6. The molecule has 1 unspecified atom stereocenters. The highest BCUT2D eigenvalue weighted by Gasteiger charge is 2.42. The Balaban J connectivity index is 1.07. The van der Waals surface area contributed by atoms with Crippen LogP contribution >= 0.6 is 0 Å². The minimum Gasteiger partial charge on any atom is -0.493 e. The van der Waals surface area contributed by atoms with E-state index in [0.717, 1.165) is 5.56 Å². The third-order valence-corrected chi connectivity index (χ3v) is 14.6. The van der Waals surface area contributed by atoms with Crippen molar-refractivity contribution in [3.8, 4) is 51.6 Å². The number of benzene rings is 4. The van der Waals surface area contributed by atoms with Crippen LogP contribution in [-0.2, 0) is 49.5 Å². The van der Waals surface area contributed by atoms with Gasteiger partial charge in [-0.1, -0.05) is 25.1 Å². The van der Waals surface area contributed by atoms with Crippen molar-refractivity contribution in [2.75, 3.05) is 61.9 Å². The lowest BCUT2D eigenvalue weighted by atomic mass is 9.91. The Kier molecular flexibility index (Phi) is 21.4. The third-order valence-electron chi connectivity index (χ3n) is 14.6. The number of aromatic nitrogens is 4. The van der Waals surface area contributed by atoms with Gasteiger partial charge >= 0.3 is 11.9 Å². The van der Waals surface area contributed by atoms with E-state index in [4.69, 9.17) is 47.5 Å². The van der Waals surface area contributed by atoms with E-state index >= 15 is 0 Å². The average molecular weight is 1160 g/mol. The van der Waals surface area contributed by atoms with E-state index in [9.17, 15) is 28.8 Å². The number of amides is 4. The van der Waals surface area contributed by atoms with Gasteiger partial charge in [-0.3, -0.25) is 19.2 Å². The number of hydrogen-bond acceptors (Lipinski definition) is 20. The number of piperidine rings is 1. The summed E-state index contributed by atoms with van der Waals surface area (Å²) in [5.74, 6) is -0.272. The molecule has 1 N–H and O–H groups in total. The summed E-state index contributed by atoms with van der Waals surface area (Å²) in [6, 6.07) is 22.0. The van der Waals surface area contributed by atoms with E-state index in [1.54, 1.807) is 108 Å². The average Bonchev–Trinajstić information content (AvgIpc) is 3.90. The van der Waals surface area contributed by atoms with Crippen LogP contribution in [0, 0.1) is 12.3 Å². The highest BCUT2D eigenvalue weighted by Crippen LogP contribution is 2.42. The number of aryl methyl sites for hydroxylation is 2. The first-order chi connectivity index (χ1) is 40.2. The molecule has 23 nitrogen and oxygen atoms in total. The van der Waals surface area contributed by atoms with Crippen molar-refractivity contribution in [1.82, 2.24) is 35.7 Å². The highest BCUT2D eigenvalue weighted by atomic mass is 16.7. The molecule has 2 saturated heterocycles. The number of nitrogens with zero attached hydrogens (tertiary/aromatic N) is 6. The summed E-state index contributed by atoms with van der Waals surface area (Å²) in [6.07, 6.45) is 1.16. The van der Waals surface area contributed by atoms with Gasteiger partial charge in [-0.25, -0.2) is 9.59 Å². The Hall–Kier alpha value is -8.60. The molecule has 23 heteroatoms. The summed E-state index contributed by atoms with van der Waals surface area (Å²) in [5.41, 5.74) is 0.202. The number of carbonyl (C=O) groups is 6. The van der Waals surface area contributed by atoms with Gasteiger partial charge in [0.2, 0.25) is 17.5 Å². The molecule has 0 aliphatic carbocycles. The largest absolute Gasteiger partial charge is 0.493 e. The molecule has 0 spiro atoms. The molecular formula is C61H75N7O16. The first-order valence-electron chi connectivity index (χ1n) is 27.8. The fourth-order valence-electron chi connectivity index (χ4n) is 9.61. The molecule has 7 rings (SSSR count). The van der Waals surface area contributed by atoms with Crippen LogP contribution in [0.15, 0.2) is 78.9 Å². The maximum Gasteiger partial charge on any atom is 0.341 e. The van der Waals surface area contributed by atoms with Crippen molar-refractivity contribution < 1.29 is 76.2 Å². The van der Waals surface area contributed by atoms with Gasteiger partial charge in [0, 0.05) is 24.9 Å². The van der Waals surface area contributed by atoms with Gasteiger partial charge in [0.05, 0.1) is 60.0 Å². The number of methoxy groups -OCH3 is 5. The summed E-state index contributed by atoms with van der Waals surface area (Å²) in [7, 11) is 7.65. The quantitative estimate of drug-likeness (QED) is 0.0376. The molecule has 450 valence electrons. The van der Waals surface area contributed by atoms with E-state index in [0.29, 0.717) is 119 Å². The number of ether oxygens (including phenoxy) is 9. The second kappa shape index (κ2) is 28.6. The second-order valence-electron chi connectivity index (χ2n) is 21.4. The molecule has 2 aliphatic rings. The first kappa shape index (κ1) is 63.0. The van der Waals surface area contributed by atoms with E-state index < -0.39 is 71.5 Å². The van der Waals surface area contributed by atoms with Gasteiger partial charge in [0.15, 0.2) is 35.4 Å². The molecule has 4 amide bonds. The van der Waals surface area contributed by atoms with E-state index in [1.807, 2.05) is 31.2 Å². The van der Waals surface area contributed by atoms with E-state index in [1.165, 1.54) is 21.3 Å². The number of rotatable bonds is 28. The Morgan fingerprint density at radius 1 is 0.738 bits per heavy atom. The zero-order valence-corrected chi connectivity index (χ0v) is 49.5. The SMILES string of the molecule is CC[C@H](C(=O)N1CCCC[C@H]1C(=O)O[C@H](CCc1ccc(OC)c(OC)c1)c1cccc(OCC(=O)NCC(Oc2ccc(-c3nnc(C)nn3)cc2)C(C)(C)OCC(C)(C)C(=O)ON2C(=O)CCC2=O)c1)c1cc(OC)c(OC)c(OC)c1. The molecule has 1 aromatic heterocycles. The summed E-state index contributed by atoms with van der Waals surface area (Å²) in [4.78, 5) is 87.7. The lowest BCUT2D eigenvalue weighted by molar-refractivity contribution is -0.208. The van der Waals surface area contributed by atoms with Crippen molar-refractivity contribution >= 4 is 35.6 Å². The molecule has 84 heavy (non-hydrogen) atoms. The van der Waals surface area contributed by atoms with E-state index in [-0.39, 0.29) is 31.9 Å². The maximum atomic E-state index is 14.7. The summed E-state index contributed by atoms with van der Waals surface area (Å²) >= 11 is 0. The minimum absolute atomic E-state index is 0.0574. The number of imide groups is 1. The summed E-state index contributed by atoms with van der Waals surface area (Å²) < 4.78 is 53.3. The highest BCUT2D eigenvalue weighted by molar-refractivity contribution is 6.01. The number of nitrogens with one attached hydrogen (secondary N) is 1. The molecule has 4 aromatic carbocycles. The number of esters is 1. The third kappa shape index (κ3) is 15.7. The monoisotopic (exact) mass is 1160 g/mol. The standard InChI is InChI=1S/C61H75N7O16/c1-12-44(41-32-49(77-9)55(79-11)50(33-41)78-10)57(72)67-29-14-13-18-45(67)58(73)83-46(25-19-38-20-26-47(75-7)48(30-38)76-8)40-16-15-17-43(31-40)80-35-52(69)62-34-51(82-42-23-21-39(22-24-42)56-65-63-37(2)64-66-56)61(5,6)81-36-60(3,4)59(74)84-68-53(70)27-28-54(68)71/h15-17,20-24,26,30-33,44-46,51H,12-14,18-19,25,27-29,34-36H2,1-11H3,(H,62,69)/t44-,45-,46+,51?/m0/s1. The van der Waals surface area contributed by atoms with Crippen LogP contribution in [0.4, 0.5) is 0 Å². The molecule has 4 atom stereocenters. The van der Waals surface area contributed by atoms with Crippen LogP contribution < -0.4 is 38.5 Å². The van der Waals surface area contributed by atoms with Gasteiger partial charge in [0.25, 0.3) is 17.7 Å².